The number of tetrazole rings is 1. The van der Waals surface area contributed by atoms with Gasteiger partial charge in [-0.3, -0.25) is 14.6 Å². The number of carbonyl (C=O) groups excluding carboxylic acids is 1. The average molecular weight is 410 g/mol. The Kier molecular flexibility index (Phi) is 5.77. The standard InChI is InChI=1S/C22H31N7O/c30-22(17-29-21(23-24-25-29)16-26-8-3-4-9-26)28-11-5-10-27(12-13-28)20-14-18-6-1-2-7-19(18)15-20/h1-2,6-7,20H,3-5,8-17H2. The van der Waals surface area contributed by atoms with Gasteiger partial charge in [-0.2, -0.15) is 0 Å². The number of hydrogen-bond donors (Lipinski definition) is 0. The average Bonchev–Trinajstić information content (AvgIpc) is 3.47. The van der Waals surface area contributed by atoms with Crippen LogP contribution >= 0.6 is 0 Å². The monoisotopic (exact) mass is 409 g/mol. The Bertz CT molecular complexity index is 851. The molecular weight excluding hydrogens is 378 g/mol. The second-order valence-corrected chi connectivity index (χ2v) is 8.84. The van der Waals surface area contributed by atoms with Crippen LogP contribution in [0.3, 0.4) is 0 Å². The van der Waals surface area contributed by atoms with Crippen LogP contribution in [0, 0.1) is 0 Å². The molecule has 0 unspecified atom stereocenters. The molecule has 8 heteroatoms. The van der Waals surface area contributed by atoms with Crippen LogP contribution < -0.4 is 0 Å². The first-order valence-electron chi connectivity index (χ1n) is 11.3. The van der Waals surface area contributed by atoms with E-state index in [0.29, 0.717) is 6.04 Å². The van der Waals surface area contributed by atoms with Gasteiger partial charge in [-0.05, 0) is 66.7 Å². The van der Waals surface area contributed by atoms with Crippen LogP contribution in [-0.4, -0.2) is 86.1 Å². The molecule has 8 nitrogen and oxygen atoms in total. The summed E-state index contributed by atoms with van der Waals surface area (Å²) >= 11 is 0. The minimum absolute atomic E-state index is 0.126. The van der Waals surface area contributed by atoms with Crippen molar-refractivity contribution in [2.45, 2.75) is 51.2 Å². The Morgan fingerprint density at radius 2 is 1.70 bits per heavy atom. The molecule has 30 heavy (non-hydrogen) atoms. The van der Waals surface area contributed by atoms with E-state index in [4.69, 9.17) is 0 Å². The van der Waals surface area contributed by atoms with Gasteiger partial charge in [-0.25, -0.2) is 4.68 Å². The first-order valence-corrected chi connectivity index (χ1v) is 11.3. The van der Waals surface area contributed by atoms with Gasteiger partial charge in [0.15, 0.2) is 5.82 Å². The van der Waals surface area contributed by atoms with E-state index < -0.39 is 0 Å². The third kappa shape index (κ3) is 4.25. The summed E-state index contributed by atoms with van der Waals surface area (Å²) in [5.41, 5.74) is 2.98. The number of nitrogens with zero attached hydrogens (tertiary/aromatic N) is 7. The molecule has 1 aromatic heterocycles. The minimum atomic E-state index is 0.126. The maximum Gasteiger partial charge on any atom is 0.244 e. The van der Waals surface area contributed by atoms with Crippen molar-refractivity contribution in [1.29, 1.82) is 0 Å². The molecular formula is C22H31N7O. The van der Waals surface area contributed by atoms with Gasteiger partial charge in [0, 0.05) is 32.2 Å². The van der Waals surface area contributed by atoms with Gasteiger partial charge >= 0.3 is 0 Å². The predicted molar refractivity (Wildman–Crippen MR) is 113 cm³/mol. The van der Waals surface area contributed by atoms with Gasteiger partial charge in [0.1, 0.15) is 6.54 Å². The van der Waals surface area contributed by atoms with Crippen LogP contribution in [0.1, 0.15) is 36.2 Å². The van der Waals surface area contributed by atoms with Crippen molar-refractivity contribution < 1.29 is 4.79 Å². The third-order valence-electron chi connectivity index (χ3n) is 6.88. The summed E-state index contributed by atoms with van der Waals surface area (Å²) in [6, 6.07) is 9.37. The summed E-state index contributed by atoms with van der Waals surface area (Å²) in [7, 11) is 0. The van der Waals surface area contributed by atoms with Crippen molar-refractivity contribution in [2.24, 2.45) is 0 Å². The molecule has 5 rings (SSSR count). The fraction of sp³-hybridized carbons (Fsp3) is 0.636. The molecule has 0 N–H and O–H groups in total. The number of benzene rings is 1. The van der Waals surface area contributed by atoms with Crippen LogP contribution in [-0.2, 0) is 30.7 Å². The van der Waals surface area contributed by atoms with Crippen molar-refractivity contribution in [3.05, 3.63) is 41.2 Å². The molecule has 0 bridgehead atoms. The van der Waals surface area contributed by atoms with E-state index in [1.807, 2.05) is 4.90 Å². The largest absolute Gasteiger partial charge is 0.340 e. The number of hydrogen-bond acceptors (Lipinski definition) is 6. The van der Waals surface area contributed by atoms with Gasteiger partial charge < -0.3 is 4.90 Å². The lowest BCUT2D eigenvalue weighted by Crippen LogP contribution is -2.41. The summed E-state index contributed by atoms with van der Waals surface area (Å²) in [6.45, 7) is 6.77. The number of rotatable bonds is 5. The van der Waals surface area contributed by atoms with Crippen LogP contribution in [0.5, 0.6) is 0 Å². The molecule has 0 atom stereocenters. The second-order valence-electron chi connectivity index (χ2n) is 8.84. The lowest BCUT2D eigenvalue weighted by molar-refractivity contribution is -0.132. The molecule has 160 valence electrons. The molecule has 3 heterocycles. The molecule has 2 aliphatic heterocycles. The Hall–Kier alpha value is -2.32. The topological polar surface area (TPSA) is 70.4 Å². The fourth-order valence-electron chi connectivity index (χ4n) is 5.17. The third-order valence-corrected chi connectivity index (χ3v) is 6.88. The second kappa shape index (κ2) is 8.81. The molecule has 2 saturated heterocycles. The van der Waals surface area contributed by atoms with Crippen LogP contribution in [0.15, 0.2) is 24.3 Å². The molecule has 3 aliphatic rings. The fourth-order valence-corrected chi connectivity index (χ4v) is 5.17. The first-order chi connectivity index (χ1) is 14.8. The van der Waals surface area contributed by atoms with Gasteiger partial charge in [0.2, 0.25) is 5.91 Å². The van der Waals surface area contributed by atoms with Crippen molar-refractivity contribution in [2.75, 3.05) is 39.3 Å². The highest BCUT2D eigenvalue weighted by Gasteiger charge is 2.29. The van der Waals surface area contributed by atoms with E-state index in [0.717, 1.165) is 70.9 Å². The van der Waals surface area contributed by atoms with E-state index in [1.54, 1.807) is 4.68 Å². The van der Waals surface area contributed by atoms with Gasteiger partial charge in [0.05, 0.1) is 6.54 Å². The van der Waals surface area contributed by atoms with Gasteiger partial charge in [0.25, 0.3) is 0 Å². The van der Waals surface area contributed by atoms with E-state index in [1.165, 1.54) is 24.0 Å². The molecule has 0 spiro atoms. The summed E-state index contributed by atoms with van der Waals surface area (Å²) in [5, 5.41) is 12.1. The molecule has 0 saturated carbocycles. The first kappa shape index (κ1) is 19.6. The highest BCUT2D eigenvalue weighted by Crippen LogP contribution is 2.26. The zero-order valence-corrected chi connectivity index (χ0v) is 17.6. The molecule has 0 radical (unpaired) electrons. The summed E-state index contributed by atoms with van der Waals surface area (Å²) in [5.74, 6) is 0.923. The highest BCUT2D eigenvalue weighted by molar-refractivity contribution is 5.76. The van der Waals surface area contributed by atoms with Crippen molar-refractivity contribution >= 4 is 5.91 Å². The lowest BCUT2D eigenvalue weighted by Gasteiger charge is -2.27. The normalized spacial score (nSPS) is 21.1. The van der Waals surface area contributed by atoms with Gasteiger partial charge in [-0.1, -0.05) is 24.3 Å². The molecule has 1 aliphatic carbocycles. The lowest BCUT2D eigenvalue weighted by atomic mass is 10.1. The predicted octanol–water partition coefficient (Wildman–Crippen LogP) is 0.971. The van der Waals surface area contributed by atoms with Crippen molar-refractivity contribution in [3.8, 4) is 0 Å². The minimum Gasteiger partial charge on any atom is -0.340 e. The zero-order valence-electron chi connectivity index (χ0n) is 17.6. The summed E-state index contributed by atoms with van der Waals surface area (Å²) in [4.78, 5) is 19.9. The molecule has 1 amide bonds. The van der Waals surface area contributed by atoms with Gasteiger partial charge in [-0.15, -0.1) is 5.10 Å². The summed E-state index contributed by atoms with van der Waals surface area (Å²) < 4.78 is 1.69. The van der Waals surface area contributed by atoms with Crippen LogP contribution in [0.4, 0.5) is 0 Å². The van der Waals surface area contributed by atoms with E-state index in [9.17, 15) is 4.79 Å². The zero-order chi connectivity index (χ0) is 20.3. The number of amides is 1. The molecule has 2 aromatic rings. The Balaban J connectivity index is 1.16. The maximum atomic E-state index is 13.0. The number of fused-ring (bicyclic) bond motifs is 1. The van der Waals surface area contributed by atoms with Crippen LogP contribution in [0.2, 0.25) is 0 Å². The SMILES string of the molecule is O=C(Cn1nnnc1CN1CCCC1)N1CCCN(C2Cc3ccccc3C2)CC1. The molecule has 1 aromatic carbocycles. The number of carbonyl (C=O) groups is 1. The van der Waals surface area contributed by atoms with Crippen molar-refractivity contribution in [1.82, 2.24) is 34.9 Å². The Labute approximate surface area is 177 Å². The number of aromatic nitrogens is 4. The smallest absolute Gasteiger partial charge is 0.244 e. The van der Waals surface area contributed by atoms with E-state index in [-0.39, 0.29) is 12.5 Å². The van der Waals surface area contributed by atoms with Crippen molar-refractivity contribution in [3.63, 3.8) is 0 Å². The highest BCUT2D eigenvalue weighted by atomic mass is 16.2. The Morgan fingerprint density at radius 1 is 0.933 bits per heavy atom. The molecule has 2 fully saturated rings. The maximum absolute atomic E-state index is 13.0. The van der Waals surface area contributed by atoms with Crippen LogP contribution in [0.25, 0.3) is 0 Å². The number of likely N-dealkylation sites (tertiary alicyclic amines) is 1. The van der Waals surface area contributed by atoms with E-state index >= 15 is 0 Å². The van der Waals surface area contributed by atoms with E-state index in [2.05, 4.69) is 49.6 Å². The Morgan fingerprint density at radius 3 is 2.47 bits per heavy atom. The summed E-state index contributed by atoms with van der Waals surface area (Å²) in [6.07, 6.45) is 5.76. The quantitative estimate of drug-likeness (QED) is 0.733.